The van der Waals surface area contributed by atoms with Crippen LogP contribution < -0.4 is 10.1 Å². The largest absolute Gasteiger partial charge is 0.497 e. The number of benzene rings is 2. The Bertz CT molecular complexity index is 975. The van der Waals surface area contributed by atoms with E-state index in [1.165, 1.54) is 23.5 Å². The van der Waals surface area contributed by atoms with E-state index in [2.05, 4.69) is 15.5 Å². The molecule has 8 nitrogen and oxygen atoms in total. The lowest BCUT2D eigenvalue weighted by Gasteiger charge is -2.02. The minimum atomic E-state index is -0.647. The molecule has 2 aromatic carbocycles. The zero-order valence-electron chi connectivity index (χ0n) is 13.3. The summed E-state index contributed by atoms with van der Waals surface area (Å²) in [5.41, 5.74) is 0.587. The van der Waals surface area contributed by atoms with Gasteiger partial charge in [0.05, 0.1) is 12.0 Å². The van der Waals surface area contributed by atoms with Gasteiger partial charge in [0.25, 0.3) is 11.6 Å². The van der Waals surface area contributed by atoms with Gasteiger partial charge in [-0.1, -0.05) is 22.9 Å². The van der Waals surface area contributed by atoms with E-state index in [9.17, 15) is 14.9 Å². The Kier molecular flexibility index (Phi) is 5.10. The predicted molar refractivity (Wildman–Crippen MR) is 98.0 cm³/mol. The number of hydrogen-bond donors (Lipinski definition) is 1. The lowest BCUT2D eigenvalue weighted by Crippen LogP contribution is -2.12. The van der Waals surface area contributed by atoms with Gasteiger partial charge in [-0.2, -0.15) is 0 Å². The van der Waals surface area contributed by atoms with Crippen molar-refractivity contribution >= 4 is 39.7 Å². The third-order valence-corrected chi connectivity index (χ3v) is 4.59. The van der Waals surface area contributed by atoms with Crippen LogP contribution in [0.1, 0.15) is 10.4 Å². The molecular formula is C16H11ClN4O4S. The second-order valence-electron chi connectivity index (χ2n) is 5.02. The highest BCUT2D eigenvalue weighted by Crippen LogP contribution is 2.29. The molecule has 3 rings (SSSR count). The third-order valence-electron chi connectivity index (χ3n) is 3.39. The number of nitrogens with zero attached hydrogens (tertiary/aromatic N) is 3. The fourth-order valence-corrected chi connectivity index (χ4v) is 3.02. The molecule has 26 heavy (non-hydrogen) atoms. The first kappa shape index (κ1) is 17.8. The Morgan fingerprint density at radius 2 is 1.96 bits per heavy atom. The van der Waals surface area contributed by atoms with Crippen molar-refractivity contribution in [2.24, 2.45) is 0 Å². The number of carbonyl (C=O) groups excluding carboxylic acids is 1. The molecule has 0 bridgehead atoms. The van der Waals surface area contributed by atoms with E-state index in [0.29, 0.717) is 5.01 Å². The Balaban J connectivity index is 1.77. The molecule has 0 saturated heterocycles. The Hall–Kier alpha value is -3.04. The molecule has 0 aliphatic carbocycles. The van der Waals surface area contributed by atoms with Crippen molar-refractivity contribution in [3.8, 4) is 16.3 Å². The Morgan fingerprint density at radius 1 is 1.23 bits per heavy atom. The van der Waals surface area contributed by atoms with Gasteiger partial charge in [0.2, 0.25) is 5.13 Å². The fourth-order valence-electron chi connectivity index (χ4n) is 2.09. The van der Waals surface area contributed by atoms with Crippen LogP contribution in [0.2, 0.25) is 5.02 Å². The molecule has 0 spiro atoms. The normalized spacial score (nSPS) is 10.4. The number of nitrogens with one attached hydrogen (secondary N) is 1. The van der Waals surface area contributed by atoms with E-state index in [0.717, 1.165) is 17.4 Å². The summed E-state index contributed by atoms with van der Waals surface area (Å²) in [6.07, 6.45) is 0. The van der Waals surface area contributed by atoms with E-state index >= 15 is 0 Å². The smallest absolute Gasteiger partial charge is 0.288 e. The molecule has 0 aliphatic rings. The quantitative estimate of drug-likeness (QED) is 0.520. The number of hydrogen-bond acceptors (Lipinski definition) is 7. The van der Waals surface area contributed by atoms with Gasteiger partial charge in [0, 0.05) is 17.2 Å². The third kappa shape index (κ3) is 3.79. The molecule has 0 unspecified atom stereocenters. The van der Waals surface area contributed by atoms with Crippen LogP contribution in [0, 0.1) is 10.1 Å². The summed E-state index contributed by atoms with van der Waals surface area (Å²) in [5, 5.41) is 22.3. The molecule has 0 saturated carbocycles. The monoisotopic (exact) mass is 390 g/mol. The number of ether oxygens (including phenoxy) is 1. The van der Waals surface area contributed by atoms with E-state index in [4.69, 9.17) is 16.3 Å². The van der Waals surface area contributed by atoms with E-state index in [-0.39, 0.29) is 21.4 Å². The summed E-state index contributed by atoms with van der Waals surface area (Å²) in [6.45, 7) is 0. The maximum Gasteiger partial charge on any atom is 0.288 e. The fraction of sp³-hybridized carbons (Fsp3) is 0.0625. The van der Waals surface area contributed by atoms with Crippen LogP contribution in [0.25, 0.3) is 10.6 Å². The second-order valence-corrected chi connectivity index (χ2v) is 6.40. The van der Waals surface area contributed by atoms with Crippen molar-refractivity contribution in [2.45, 2.75) is 0 Å². The average molecular weight is 391 g/mol. The number of amides is 1. The van der Waals surface area contributed by atoms with Crippen molar-refractivity contribution in [1.82, 2.24) is 10.2 Å². The molecule has 0 atom stereocenters. The van der Waals surface area contributed by atoms with E-state index in [1.54, 1.807) is 19.2 Å². The number of nitro groups is 1. The zero-order chi connectivity index (χ0) is 18.7. The highest BCUT2D eigenvalue weighted by atomic mass is 35.5. The van der Waals surface area contributed by atoms with Crippen LogP contribution in [0.15, 0.2) is 42.5 Å². The number of halogens is 1. The molecule has 0 aliphatic heterocycles. The SMILES string of the molecule is COc1ccc(-c2nnc(NC(=O)c3ccc(Cl)c([N+](=O)[O-])c3)s2)cc1. The van der Waals surface area contributed by atoms with Gasteiger partial charge in [0.1, 0.15) is 15.8 Å². The van der Waals surface area contributed by atoms with Crippen molar-refractivity contribution in [2.75, 3.05) is 12.4 Å². The molecule has 1 heterocycles. The number of aromatic nitrogens is 2. The van der Waals surface area contributed by atoms with Crippen LogP contribution in [-0.2, 0) is 0 Å². The molecule has 1 N–H and O–H groups in total. The molecule has 10 heteroatoms. The lowest BCUT2D eigenvalue weighted by molar-refractivity contribution is -0.384. The Labute approximate surface area is 156 Å². The first-order valence-corrected chi connectivity index (χ1v) is 8.40. The Morgan fingerprint density at radius 3 is 2.62 bits per heavy atom. The van der Waals surface area contributed by atoms with Crippen molar-refractivity contribution in [3.63, 3.8) is 0 Å². The summed E-state index contributed by atoms with van der Waals surface area (Å²) in [5.74, 6) is 0.179. The van der Waals surface area contributed by atoms with Crippen LogP contribution in [-0.4, -0.2) is 28.1 Å². The molecule has 0 radical (unpaired) electrons. The van der Waals surface area contributed by atoms with Gasteiger partial charge >= 0.3 is 0 Å². The standard InChI is InChI=1S/C16H11ClN4O4S/c1-25-11-5-2-9(3-6-11)15-19-20-16(26-15)18-14(22)10-4-7-12(17)13(8-10)21(23)24/h2-8H,1H3,(H,18,20,22). The van der Waals surface area contributed by atoms with Gasteiger partial charge in [-0.15, -0.1) is 10.2 Å². The molecule has 1 amide bonds. The summed E-state index contributed by atoms with van der Waals surface area (Å²) in [7, 11) is 1.58. The summed E-state index contributed by atoms with van der Waals surface area (Å²) in [6, 6.07) is 11.1. The van der Waals surface area contributed by atoms with Crippen LogP contribution in [0.4, 0.5) is 10.8 Å². The first-order chi connectivity index (χ1) is 12.5. The van der Waals surface area contributed by atoms with Gasteiger partial charge in [0.15, 0.2) is 0 Å². The first-order valence-electron chi connectivity index (χ1n) is 7.21. The summed E-state index contributed by atoms with van der Waals surface area (Å²) >= 11 is 6.93. The number of nitro benzene ring substituents is 1. The molecule has 3 aromatic rings. The van der Waals surface area contributed by atoms with Crippen molar-refractivity contribution in [1.29, 1.82) is 0 Å². The topological polar surface area (TPSA) is 107 Å². The van der Waals surface area contributed by atoms with Gasteiger partial charge in [-0.3, -0.25) is 20.2 Å². The van der Waals surface area contributed by atoms with Crippen LogP contribution in [0.3, 0.4) is 0 Å². The van der Waals surface area contributed by atoms with Crippen LogP contribution in [0.5, 0.6) is 5.75 Å². The highest BCUT2D eigenvalue weighted by Gasteiger charge is 2.17. The average Bonchev–Trinajstić information content (AvgIpc) is 3.10. The number of methoxy groups -OCH3 is 1. The predicted octanol–water partition coefficient (Wildman–Crippen LogP) is 4.03. The molecule has 1 aromatic heterocycles. The second kappa shape index (κ2) is 7.46. The lowest BCUT2D eigenvalue weighted by atomic mass is 10.2. The highest BCUT2D eigenvalue weighted by molar-refractivity contribution is 7.18. The van der Waals surface area contributed by atoms with Gasteiger partial charge < -0.3 is 4.74 Å². The maximum atomic E-state index is 12.3. The number of rotatable bonds is 5. The summed E-state index contributed by atoms with van der Waals surface area (Å²) < 4.78 is 5.10. The van der Waals surface area contributed by atoms with Crippen molar-refractivity contribution in [3.05, 3.63) is 63.2 Å². The zero-order valence-corrected chi connectivity index (χ0v) is 14.9. The van der Waals surface area contributed by atoms with Gasteiger partial charge in [-0.05, 0) is 36.4 Å². The number of carbonyl (C=O) groups is 1. The minimum absolute atomic E-state index is 0.0377. The van der Waals surface area contributed by atoms with E-state index < -0.39 is 10.8 Å². The number of anilines is 1. The van der Waals surface area contributed by atoms with Crippen LogP contribution >= 0.6 is 22.9 Å². The minimum Gasteiger partial charge on any atom is -0.497 e. The molecule has 0 fully saturated rings. The van der Waals surface area contributed by atoms with Gasteiger partial charge in [-0.25, -0.2) is 0 Å². The molecular weight excluding hydrogens is 380 g/mol. The molecule has 132 valence electrons. The van der Waals surface area contributed by atoms with Crippen molar-refractivity contribution < 1.29 is 14.5 Å². The summed E-state index contributed by atoms with van der Waals surface area (Å²) in [4.78, 5) is 22.5. The van der Waals surface area contributed by atoms with E-state index in [1.807, 2.05) is 12.1 Å². The maximum absolute atomic E-state index is 12.3.